The lowest BCUT2D eigenvalue weighted by Gasteiger charge is -2.61. The molecule has 4 rings (SSSR count). The third-order valence-corrected chi connectivity index (χ3v) is 16.2. The summed E-state index contributed by atoms with van der Waals surface area (Å²) < 4.78 is 31.0. The third-order valence-electron chi connectivity index (χ3n) is 15.5. The van der Waals surface area contributed by atoms with E-state index in [2.05, 4.69) is 31.4 Å². The van der Waals surface area contributed by atoms with E-state index in [-0.39, 0.29) is 74.3 Å². The van der Waals surface area contributed by atoms with Gasteiger partial charge in [-0.3, -0.25) is 52.8 Å². The van der Waals surface area contributed by atoms with Gasteiger partial charge in [-0.1, -0.05) is 20.8 Å². The molecule has 0 aromatic carbocycles. The number of carbonyl (C=O) groups excluding carboxylic acids is 2. The van der Waals surface area contributed by atoms with E-state index in [1.807, 2.05) is 0 Å². The lowest BCUT2D eigenvalue weighted by Crippen LogP contribution is -2.55. The van der Waals surface area contributed by atoms with Crippen molar-refractivity contribution in [2.24, 2.45) is 46.3 Å². The van der Waals surface area contributed by atoms with E-state index in [0.717, 1.165) is 67.6 Å². The fourth-order valence-electron chi connectivity index (χ4n) is 12.5. The second-order valence-corrected chi connectivity index (χ2v) is 21.1. The first-order valence-electron chi connectivity index (χ1n) is 22.7. The minimum atomic E-state index is -4.14. The van der Waals surface area contributed by atoms with E-state index >= 15 is 0 Å². The Hall–Kier alpha value is -3.92. The first-order chi connectivity index (χ1) is 29.9. The van der Waals surface area contributed by atoms with Gasteiger partial charge in [0.15, 0.2) is 0 Å². The lowest BCUT2D eigenvalue weighted by atomic mass is 9.44. The zero-order valence-electron chi connectivity index (χ0n) is 37.5. The van der Waals surface area contributed by atoms with Gasteiger partial charge < -0.3 is 36.2 Å². The van der Waals surface area contributed by atoms with Crippen molar-refractivity contribution < 1.29 is 72.1 Å². The summed E-state index contributed by atoms with van der Waals surface area (Å²) in [6.45, 7) is 3.79. The number of fused-ring (bicyclic) bond motifs is 5. The smallest absolute Gasteiger partial charge is 0.320 e. The van der Waals surface area contributed by atoms with Crippen LogP contribution >= 0.6 is 0 Å². The number of carboxylic acid groups (broad SMARTS) is 5. The van der Waals surface area contributed by atoms with Crippen molar-refractivity contribution in [2.75, 3.05) is 64.7 Å². The number of nitrogens with one attached hydrogen (secondary N) is 2. The van der Waals surface area contributed by atoms with Gasteiger partial charge in [0.1, 0.15) is 6.04 Å². The zero-order valence-corrected chi connectivity index (χ0v) is 38.3. The van der Waals surface area contributed by atoms with Crippen molar-refractivity contribution in [3.05, 3.63) is 0 Å². The van der Waals surface area contributed by atoms with Crippen LogP contribution in [0.25, 0.3) is 0 Å². The largest absolute Gasteiger partial charge is 0.480 e. The molecule has 21 heteroatoms. The first-order valence-corrected chi connectivity index (χ1v) is 24.3. The van der Waals surface area contributed by atoms with Gasteiger partial charge >= 0.3 is 29.8 Å². The topological polar surface area (TPSA) is 309 Å². The van der Waals surface area contributed by atoms with Crippen molar-refractivity contribution in [3.8, 4) is 0 Å². The summed E-state index contributed by atoms with van der Waals surface area (Å²) in [5.41, 5.74) is 0.293. The van der Waals surface area contributed by atoms with Gasteiger partial charge in [-0.05, 0) is 117 Å². The Labute approximate surface area is 375 Å². The first kappa shape index (κ1) is 52.7. The molecule has 0 heterocycles. The van der Waals surface area contributed by atoms with Crippen molar-refractivity contribution in [2.45, 2.75) is 116 Å². The molecule has 364 valence electrons. The molecule has 2 amide bonds. The molecule has 0 radical (unpaired) electrons. The predicted molar refractivity (Wildman–Crippen MR) is 231 cm³/mol. The number of carboxylic acids is 5. The predicted octanol–water partition coefficient (Wildman–Crippen LogP) is 2.03. The highest BCUT2D eigenvalue weighted by atomic mass is 32.2. The SMILES string of the molecule is CC(CCC(=O)NCCS(=O)(=O)O)[C@H]1CCC2C3CC[C@@H]4C[C@@H](NC(=O)CC[C@@H](C(=O)O)N(CCN(CC(=O)O)CC(=O)O)CCN(CC(=O)O)CC(=O)O)CC[C@]4(C)C3CC[C@@]21C. The van der Waals surface area contributed by atoms with Crippen molar-refractivity contribution in [1.29, 1.82) is 0 Å². The Bertz CT molecular complexity index is 1730. The number of hydrogen-bond donors (Lipinski definition) is 8. The molecule has 4 fully saturated rings. The normalized spacial score (nSPS) is 28.7. The monoisotopic (exact) mass is 929 g/mol. The van der Waals surface area contributed by atoms with E-state index in [1.54, 1.807) is 0 Å². The molecule has 4 saturated carbocycles. The molecule has 4 aliphatic rings. The number of rotatable bonds is 27. The Morgan fingerprint density at radius 2 is 1.20 bits per heavy atom. The van der Waals surface area contributed by atoms with Crippen molar-refractivity contribution in [1.82, 2.24) is 25.3 Å². The van der Waals surface area contributed by atoms with Gasteiger partial charge in [0.25, 0.3) is 10.1 Å². The molecule has 20 nitrogen and oxygen atoms in total. The minimum absolute atomic E-state index is 0.0847. The molecule has 0 aliphatic heterocycles. The average Bonchev–Trinajstić information content (AvgIpc) is 3.53. The second kappa shape index (κ2) is 23.0. The fourth-order valence-corrected chi connectivity index (χ4v) is 12.9. The van der Waals surface area contributed by atoms with Gasteiger partial charge in [-0.25, -0.2) is 0 Å². The number of aliphatic carboxylic acids is 5. The Morgan fingerprint density at radius 1 is 0.672 bits per heavy atom. The summed E-state index contributed by atoms with van der Waals surface area (Å²) in [6.07, 6.45) is 9.97. The molecule has 0 spiro atoms. The van der Waals surface area contributed by atoms with Crippen LogP contribution in [0.4, 0.5) is 0 Å². The maximum absolute atomic E-state index is 13.5. The highest BCUT2D eigenvalue weighted by Crippen LogP contribution is 2.68. The van der Waals surface area contributed by atoms with Gasteiger partial charge in [-0.2, -0.15) is 8.42 Å². The van der Waals surface area contributed by atoms with Crippen LogP contribution in [0.15, 0.2) is 0 Å². The Morgan fingerprint density at radius 3 is 1.73 bits per heavy atom. The Balaban J connectivity index is 1.34. The maximum atomic E-state index is 13.5. The van der Waals surface area contributed by atoms with Crippen LogP contribution in [-0.2, 0) is 43.7 Å². The van der Waals surface area contributed by atoms with Crippen LogP contribution in [0.1, 0.15) is 104 Å². The average molecular weight is 930 g/mol. The highest BCUT2D eigenvalue weighted by Gasteiger charge is 2.60. The van der Waals surface area contributed by atoms with Crippen molar-refractivity contribution in [3.63, 3.8) is 0 Å². The van der Waals surface area contributed by atoms with Gasteiger partial charge in [-0.15, -0.1) is 0 Å². The van der Waals surface area contributed by atoms with Crippen LogP contribution in [0.5, 0.6) is 0 Å². The third kappa shape index (κ3) is 14.8. The van der Waals surface area contributed by atoms with E-state index < -0.39 is 77.9 Å². The summed E-state index contributed by atoms with van der Waals surface area (Å²) >= 11 is 0. The molecule has 4 unspecified atom stereocenters. The zero-order chi connectivity index (χ0) is 47.6. The molecule has 0 saturated heterocycles. The summed E-state index contributed by atoms with van der Waals surface area (Å²) in [5, 5.41) is 53.3. The van der Waals surface area contributed by atoms with Crippen LogP contribution in [-0.4, -0.2) is 172 Å². The summed E-state index contributed by atoms with van der Waals surface area (Å²) in [7, 11) is -4.14. The van der Waals surface area contributed by atoms with Gasteiger partial charge in [0.2, 0.25) is 11.8 Å². The van der Waals surface area contributed by atoms with E-state index in [1.165, 1.54) is 4.90 Å². The lowest BCUT2D eigenvalue weighted by molar-refractivity contribution is -0.146. The van der Waals surface area contributed by atoms with E-state index in [4.69, 9.17) is 4.55 Å². The Kier molecular flexibility index (Phi) is 18.9. The molecule has 4 aliphatic carbocycles. The fraction of sp³-hybridized carbons (Fsp3) is 0.837. The number of hydrogen-bond acceptors (Lipinski definition) is 12. The van der Waals surface area contributed by atoms with Crippen LogP contribution in [0, 0.1) is 46.3 Å². The molecule has 0 bridgehead atoms. The highest BCUT2D eigenvalue weighted by molar-refractivity contribution is 7.85. The van der Waals surface area contributed by atoms with E-state index in [0.29, 0.717) is 48.3 Å². The van der Waals surface area contributed by atoms with Crippen LogP contribution in [0.2, 0.25) is 0 Å². The summed E-state index contributed by atoms with van der Waals surface area (Å²) in [5.74, 6) is -4.53. The molecule has 0 aromatic heterocycles. The summed E-state index contributed by atoms with van der Waals surface area (Å²) in [6, 6.07) is -1.39. The molecular formula is C43H71N5O15S. The number of carbonyl (C=O) groups is 7. The van der Waals surface area contributed by atoms with E-state index in [9.17, 15) is 67.5 Å². The standard InChI is InChI=1S/C43H71N5O15S/c1-27(4-10-35(49)44-16-21-64(61,62)63)31-7-8-32-30-6-5-28-22-29(12-14-42(28,2)33(30)13-15-43(31,32)3)45-36(50)11-9-34(41(59)60)48(19-17-46(23-37(51)52)24-38(53)54)20-18-47(25-39(55)56)26-40(57)58/h27-34H,4-26H2,1-3H3,(H,44,49)(H,45,50)(H,51,52)(H,53,54)(H,55,56)(H,57,58)(H,59,60)(H,61,62,63)/t27?,28-,29+,30?,31-,32?,33?,34+,42+,43-/m1/s1. The molecule has 64 heavy (non-hydrogen) atoms. The molecule has 10 atom stereocenters. The van der Waals surface area contributed by atoms with Gasteiger partial charge in [0.05, 0.1) is 31.9 Å². The van der Waals surface area contributed by atoms with Gasteiger partial charge in [0, 0.05) is 51.6 Å². The minimum Gasteiger partial charge on any atom is -0.480 e. The summed E-state index contributed by atoms with van der Waals surface area (Å²) in [4.78, 5) is 87.9. The second-order valence-electron chi connectivity index (χ2n) is 19.5. The quantitative estimate of drug-likeness (QED) is 0.0547. The molecule has 8 N–H and O–H groups in total. The molecular weight excluding hydrogens is 859 g/mol. The van der Waals surface area contributed by atoms with Crippen molar-refractivity contribution >= 4 is 51.8 Å². The maximum Gasteiger partial charge on any atom is 0.320 e. The van der Waals surface area contributed by atoms with Crippen LogP contribution < -0.4 is 10.6 Å². The van der Waals surface area contributed by atoms with Crippen LogP contribution in [0.3, 0.4) is 0 Å². The number of nitrogens with zero attached hydrogens (tertiary/aromatic N) is 3. The molecule has 0 aromatic rings. The number of amides is 2.